The van der Waals surface area contributed by atoms with Gasteiger partial charge in [-0.05, 0) is 18.2 Å². The molecule has 2 aromatic rings. The van der Waals surface area contributed by atoms with Crippen LogP contribution in [0.1, 0.15) is 18.0 Å². The van der Waals surface area contributed by atoms with E-state index in [2.05, 4.69) is 0 Å². The smallest absolute Gasteiger partial charge is 0.420 e. The van der Waals surface area contributed by atoms with Crippen molar-refractivity contribution in [2.75, 3.05) is 14.2 Å². The molecule has 7 nitrogen and oxygen atoms in total. The fourth-order valence-corrected chi connectivity index (χ4v) is 3.32. The molecule has 1 aliphatic rings. The van der Waals surface area contributed by atoms with Gasteiger partial charge in [-0.3, -0.25) is 9.69 Å². The summed E-state index contributed by atoms with van der Waals surface area (Å²) < 4.78 is 30.1. The Morgan fingerprint density at radius 2 is 1.83 bits per heavy atom. The molecule has 0 bridgehead atoms. The summed E-state index contributed by atoms with van der Waals surface area (Å²) >= 11 is 5.95. The molecule has 0 radical (unpaired) electrons. The van der Waals surface area contributed by atoms with Crippen molar-refractivity contribution < 1.29 is 33.0 Å². The summed E-state index contributed by atoms with van der Waals surface area (Å²) in [7, 11) is 2.34. The third-order valence-corrected chi connectivity index (χ3v) is 4.74. The predicted molar refractivity (Wildman–Crippen MR) is 105 cm³/mol. The second-order valence-electron chi connectivity index (χ2n) is 6.24. The van der Waals surface area contributed by atoms with E-state index in [9.17, 15) is 14.4 Å². The fourth-order valence-electron chi connectivity index (χ4n) is 3.10. The topological polar surface area (TPSA) is 82.1 Å². The molecule has 9 heteroatoms. The molecule has 2 aromatic carbocycles. The Morgan fingerprint density at radius 3 is 2.47 bits per heavy atom. The van der Waals surface area contributed by atoms with Crippen molar-refractivity contribution in [3.63, 3.8) is 0 Å². The zero-order chi connectivity index (χ0) is 21.8. The number of halogens is 2. The number of carbonyl (C=O) groups is 3. The largest absolute Gasteiger partial charge is 0.492 e. The number of hydrogen-bond donors (Lipinski definition) is 0. The van der Waals surface area contributed by atoms with E-state index < -0.39 is 29.7 Å². The van der Waals surface area contributed by atoms with Crippen LogP contribution >= 0.6 is 11.6 Å². The second kappa shape index (κ2) is 8.96. The van der Waals surface area contributed by atoms with Crippen LogP contribution < -0.4 is 9.47 Å². The first-order valence-corrected chi connectivity index (χ1v) is 9.16. The van der Waals surface area contributed by atoms with Crippen LogP contribution in [-0.4, -0.2) is 37.0 Å². The Kier molecular flexibility index (Phi) is 6.37. The van der Waals surface area contributed by atoms with Gasteiger partial charge in [-0.15, -0.1) is 0 Å². The van der Waals surface area contributed by atoms with Gasteiger partial charge >= 0.3 is 12.1 Å². The number of esters is 1. The lowest BCUT2D eigenvalue weighted by Gasteiger charge is -2.34. The van der Waals surface area contributed by atoms with E-state index in [0.29, 0.717) is 0 Å². The molecular weight excluding hydrogens is 417 g/mol. The lowest BCUT2D eigenvalue weighted by atomic mass is 9.94. The maximum absolute atomic E-state index is 15.1. The van der Waals surface area contributed by atoms with Crippen LogP contribution in [0, 0.1) is 5.82 Å². The Hall–Kier alpha value is -3.39. The molecule has 156 valence electrons. The van der Waals surface area contributed by atoms with Crippen molar-refractivity contribution in [2.45, 2.75) is 12.5 Å². The SMILES string of the molecule is COC(=O)C1=CC(=O)CC(c2ccc(Cl)c(OC)c2F)N1C(=O)Oc1ccccc1. The summed E-state index contributed by atoms with van der Waals surface area (Å²) in [5, 5.41) is 0.0167. The monoisotopic (exact) mass is 433 g/mol. The maximum atomic E-state index is 15.1. The van der Waals surface area contributed by atoms with Gasteiger partial charge in [0.15, 0.2) is 17.3 Å². The Balaban J connectivity index is 2.10. The van der Waals surface area contributed by atoms with E-state index in [4.69, 9.17) is 25.8 Å². The van der Waals surface area contributed by atoms with Gasteiger partial charge < -0.3 is 14.2 Å². The van der Waals surface area contributed by atoms with E-state index >= 15 is 4.39 Å². The summed E-state index contributed by atoms with van der Waals surface area (Å²) in [4.78, 5) is 38.5. The molecule has 30 heavy (non-hydrogen) atoms. The molecular formula is C21H17ClFNO6. The number of ketones is 1. The van der Waals surface area contributed by atoms with Crippen LogP contribution in [0.4, 0.5) is 9.18 Å². The molecule has 0 fully saturated rings. The van der Waals surface area contributed by atoms with Crippen molar-refractivity contribution in [1.29, 1.82) is 0 Å². The molecule has 1 unspecified atom stereocenters. The standard InChI is InChI=1S/C21H17ClFNO6/c1-28-19-15(22)9-8-14(18(19)23)16-10-12(25)11-17(20(26)29-2)24(16)21(27)30-13-6-4-3-5-7-13/h3-9,11,16H,10H2,1-2H3. The van der Waals surface area contributed by atoms with Gasteiger partial charge in [0.2, 0.25) is 0 Å². The van der Waals surface area contributed by atoms with Gasteiger partial charge in [0.1, 0.15) is 11.4 Å². The number of nitrogens with zero attached hydrogens (tertiary/aromatic N) is 1. The first-order valence-electron chi connectivity index (χ1n) is 8.78. The molecule has 0 aromatic heterocycles. The third kappa shape index (κ3) is 4.13. The van der Waals surface area contributed by atoms with E-state index in [0.717, 1.165) is 18.1 Å². The number of carbonyl (C=O) groups excluding carboxylic acids is 3. The molecule has 0 spiro atoms. The van der Waals surface area contributed by atoms with Crippen molar-refractivity contribution in [3.8, 4) is 11.5 Å². The maximum Gasteiger partial charge on any atom is 0.420 e. The Morgan fingerprint density at radius 1 is 1.13 bits per heavy atom. The lowest BCUT2D eigenvalue weighted by Crippen LogP contribution is -2.43. The fraction of sp³-hybridized carbons (Fsp3) is 0.190. The molecule has 0 N–H and O–H groups in total. The van der Waals surface area contributed by atoms with Crippen LogP contribution in [0.3, 0.4) is 0 Å². The number of allylic oxidation sites excluding steroid dienone is 1. The van der Waals surface area contributed by atoms with Gasteiger partial charge in [-0.25, -0.2) is 14.0 Å². The second-order valence-corrected chi connectivity index (χ2v) is 6.65. The predicted octanol–water partition coefficient (Wildman–Crippen LogP) is 4.06. The zero-order valence-corrected chi connectivity index (χ0v) is 16.8. The third-order valence-electron chi connectivity index (χ3n) is 4.45. The number of hydrogen-bond acceptors (Lipinski definition) is 6. The van der Waals surface area contributed by atoms with Crippen LogP contribution in [-0.2, 0) is 14.3 Å². The van der Waals surface area contributed by atoms with E-state index in [1.54, 1.807) is 18.2 Å². The summed E-state index contributed by atoms with van der Waals surface area (Å²) in [6, 6.07) is 9.63. The van der Waals surface area contributed by atoms with Crippen LogP contribution in [0.5, 0.6) is 11.5 Å². The zero-order valence-electron chi connectivity index (χ0n) is 16.1. The average Bonchev–Trinajstić information content (AvgIpc) is 2.73. The van der Waals surface area contributed by atoms with E-state index in [1.165, 1.54) is 31.4 Å². The molecule has 3 rings (SSSR count). The van der Waals surface area contributed by atoms with Crippen molar-refractivity contribution >= 4 is 29.4 Å². The van der Waals surface area contributed by atoms with Gasteiger partial charge in [0.25, 0.3) is 0 Å². The van der Waals surface area contributed by atoms with E-state index in [-0.39, 0.29) is 34.2 Å². The highest BCUT2D eigenvalue weighted by molar-refractivity contribution is 6.32. The number of para-hydroxylation sites is 1. The Bertz CT molecular complexity index is 1020. The quantitative estimate of drug-likeness (QED) is 0.676. The summed E-state index contributed by atoms with van der Waals surface area (Å²) in [5.41, 5.74) is -0.433. The van der Waals surface area contributed by atoms with Gasteiger partial charge in [0.05, 0.1) is 25.3 Å². The molecule has 1 heterocycles. The molecule has 0 aliphatic carbocycles. The first-order chi connectivity index (χ1) is 14.4. The molecule has 1 atom stereocenters. The number of amides is 1. The van der Waals surface area contributed by atoms with Gasteiger partial charge in [-0.2, -0.15) is 0 Å². The minimum Gasteiger partial charge on any atom is -0.492 e. The molecule has 0 saturated carbocycles. The highest BCUT2D eigenvalue weighted by Crippen LogP contribution is 2.39. The summed E-state index contributed by atoms with van der Waals surface area (Å²) in [5.74, 6) is -2.33. The van der Waals surface area contributed by atoms with Crippen molar-refractivity contribution in [3.05, 3.63) is 70.6 Å². The number of ether oxygens (including phenoxy) is 3. The number of methoxy groups -OCH3 is 2. The minimum absolute atomic E-state index is 0.0167. The van der Waals surface area contributed by atoms with Crippen molar-refractivity contribution in [1.82, 2.24) is 4.90 Å². The van der Waals surface area contributed by atoms with E-state index in [1.807, 2.05) is 0 Å². The van der Waals surface area contributed by atoms with Gasteiger partial charge in [-0.1, -0.05) is 35.9 Å². The number of benzene rings is 2. The van der Waals surface area contributed by atoms with Crippen LogP contribution in [0.25, 0.3) is 0 Å². The summed E-state index contributed by atoms with van der Waals surface area (Å²) in [6.45, 7) is 0. The lowest BCUT2D eigenvalue weighted by molar-refractivity contribution is -0.139. The van der Waals surface area contributed by atoms with Crippen LogP contribution in [0.15, 0.2) is 54.2 Å². The molecule has 1 amide bonds. The highest BCUT2D eigenvalue weighted by atomic mass is 35.5. The van der Waals surface area contributed by atoms with Crippen molar-refractivity contribution in [2.24, 2.45) is 0 Å². The normalized spacial score (nSPS) is 16.0. The first kappa shape index (κ1) is 21.3. The minimum atomic E-state index is -1.18. The number of rotatable bonds is 4. The highest BCUT2D eigenvalue weighted by Gasteiger charge is 2.40. The van der Waals surface area contributed by atoms with Gasteiger partial charge in [0, 0.05) is 18.1 Å². The van der Waals surface area contributed by atoms with Crippen LogP contribution in [0.2, 0.25) is 5.02 Å². The molecule has 1 aliphatic heterocycles. The average molecular weight is 434 g/mol. The molecule has 0 saturated heterocycles. The Labute approximate surface area is 176 Å². The summed E-state index contributed by atoms with van der Waals surface area (Å²) in [6.07, 6.45) is -0.296.